The fraction of sp³-hybridized carbons (Fsp3) is 0.778. The van der Waals surface area contributed by atoms with Crippen LogP contribution in [0.15, 0.2) is 16.7 Å². The number of aliphatic hydroxyl groups excluding tert-OH is 3. The van der Waals surface area contributed by atoms with Crippen LogP contribution >= 0.6 is 0 Å². The molecule has 0 aromatic carbocycles. The van der Waals surface area contributed by atoms with Crippen molar-refractivity contribution in [1.29, 1.82) is 0 Å². The molecule has 5 atom stereocenters. The van der Waals surface area contributed by atoms with Gasteiger partial charge >= 0.3 is 0 Å². The van der Waals surface area contributed by atoms with Gasteiger partial charge in [-0.15, -0.1) is 0 Å². The van der Waals surface area contributed by atoms with E-state index in [2.05, 4.69) is 47.6 Å². The minimum atomic E-state index is 0. The predicted octanol–water partition coefficient (Wildman–Crippen LogP) is 3.06. The molecule has 0 spiro atoms. The molecule has 5 unspecified atom stereocenters. The van der Waals surface area contributed by atoms with Crippen molar-refractivity contribution in [2.45, 2.75) is 41.5 Å². The van der Waals surface area contributed by atoms with Crippen molar-refractivity contribution in [2.75, 3.05) is 21.3 Å². The van der Waals surface area contributed by atoms with Crippen LogP contribution in [0.3, 0.4) is 0 Å². The van der Waals surface area contributed by atoms with E-state index in [-0.39, 0.29) is 21.7 Å². The van der Waals surface area contributed by atoms with Gasteiger partial charge < -0.3 is 15.3 Å². The molecule has 0 saturated carbocycles. The summed E-state index contributed by atoms with van der Waals surface area (Å²) in [4.78, 5) is 0. The average molecular weight is 347 g/mol. The van der Waals surface area contributed by atoms with E-state index in [9.17, 15) is 0 Å². The van der Waals surface area contributed by atoms with Gasteiger partial charge in [0.1, 0.15) is 0 Å². The molecule has 0 saturated heterocycles. The third-order valence-electron chi connectivity index (χ3n) is 4.97. The summed E-state index contributed by atoms with van der Waals surface area (Å²) in [5.41, 5.74) is 4.75. The standard InChI is InChI=1S/C15H23.3CH4O.Ti/c1-8-7-9(2)15-13(6)11(4)10(3)12(5)14(8)15;3*1-2;/h8,10-13H,1-6H3;3*2H,1H3;/q-1;;;;. The summed E-state index contributed by atoms with van der Waals surface area (Å²) >= 11 is 0. The maximum Gasteiger partial charge on any atom is 0.0319 e. The van der Waals surface area contributed by atoms with Crippen LogP contribution in [0, 0.1) is 35.7 Å². The molecule has 4 heteroatoms. The second-order valence-electron chi connectivity index (χ2n) is 5.66. The van der Waals surface area contributed by atoms with Crippen molar-refractivity contribution in [3.05, 3.63) is 22.8 Å². The van der Waals surface area contributed by atoms with Crippen molar-refractivity contribution < 1.29 is 37.0 Å². The van der Waals surface area contributed by atoms with Crippen LogP contribution in [0.4, 0.5) is 0 Å². The van der Waals surface area contributed by atoms with E-state index in [0.717, 1.165) is 45.0 Å². The molecule has 0 aromatic rings. The van der Waals surface area contributed by atoms with Gasteiger partial charge in [-0.05, 0) is 17.8 Å². The zero-order valence-electron chi connectivity index (χ0n) is 15.7. The van der Waals surface area contributed by atoms with Gasteiger partial charge in [0.25, 0.3) is 0 Å². The Balaban J connectivity index is -0.000000463. The van der Waals surface area contributed by atoms with Crippen LogP contribution in [0.5, 0.6) is 0 Å². The number of aliphatic hydroxyl groups is 3. The van der Waals surface area contributed by atoms with E-state index < -0.39 is 0 Å². The molecule has 0 aromatic heterocycles. The molecule has 0 heterocycles. The monoisotopic (exact) mass is 347 g/mol. The maximum absolute atomic E-state index is 7.00. The van der Waals surface area contributed by atoms with Gasteiger partial charge in [-0.3, -0.25) is 6.08 Å². The summed E-state index contributed by atoms with van der Waals surface area (Å²) in [5, 5.41) is 21.0. The first-order valence-corrected chi connectivity index (χ1v) is 7.63. The molecule has 0 aliphatic heterocycles. The van der Waals surface area contributed by atoms with Crippen LogP contribution in [0.1, 0.15) is 41.5 Å². The Morgan fingerprint density at radius 1 is 0.727 bits per heavy atom. The van der Waals surface area contributed by atoms with Gasteiger partial charge in [0.05, 0.1) is 0 Å². The summed E-state index contributed by atoms with van der Waals surface area (Å²) in [6.07, 6.45) is 3.60. The van der Waals surface area contributed by atoms with Crippen LogP contribution in [0.2, 0.25) is 0 Å². The summed E-state index contributed by atoms with van der Waals surface area (Å²) in [5.74, 6) is 3.65. The largest absolute Gasteiger partial charge is 0.400 e. The number of hydrogen-bond acceptors (Lipinski definition) is 3. The van der Waals surface area contributed by atoms with Crippen molar-refractivity contribution in [1.82, 2.24) is 0 Å². The molecule has 0 amide bonds. The van der Waals surface area contributed by atoms with E-state index in [1.807, 2.05) is 0 Å². The average Bonchev–Trinajstić information content (AvgIpc) is 2.83. The van der Waals surface area contributed by atoms with E-state index >= 15 is 0 Å². The fourth-order valence-corrected chi connectivity index (χ4v) is 3.63. The first kappa shape index (κ1) is 26.9. The second kappa shape index (κ2) is 13.5. The van der Waals surface area contributed by atoms with Crippen LogP contribution in [-0.4, -0.2) is 36.6 Å². The van der Waals surface area contributed by atoms with Gasteiger partial charge in [0.15, 0.2) is 0 Å². The van der Waals surface area contributed by atoms with Gasteiger partial charge in [-0.1, -0.05) is 53.4 Å². The Hall–Kier alpha value is 0.0743. The Bertz CT molecular complexity index is 350. The van der Waals surface area contributed by atoms with Gasteiger partial charge in [-0.25, -0.2) is 5.57 Å². The molecule has 2 aliphatic carbocycles. The van der Waals surface area contributed by atoms with Crippen molar-refractivity contribution in [3.8, 4) is 0 Å². The van der Waals surface area contributed by atoms with E-state index in [4.69, 9.17) is 15.3 Å². The van der Waals surface area contributed by atoms with Crippen LogP contribution < -0.4 is 0 Å². The molecule has 0 fully saturated rings. The van der Waals surface area contributed by atoms with Crippen molar-refractivity contribution in [3.63, 3.8) is 0 Å². The Labute approximate surface area is 152 Å². The van der Waals surface area contributed by atoms with Gasteiger partial charge in [-0.2, -0.15) is 11.1 Å². The van der Waals surface area contributed by atoms with E-state index in [1.54, 1.807) is 11.1 Å². The summed E-state index contributed by atoms with van der Waals surface area (Å²) < 4.78 is 0. The number of rotatable bonds is 0. The molecular formula is C18H35O3Ti-. The summed E-state index contributed by atoms with van der Waals surface area (Å²) in [7, 11) is 3.00. The Morgan fingerprint density at radius 2 is 1.09 bits per heavy atom. The summed E-state index contributed by atoms with van der Waals surface area (Å²) in [6.45, 7) is 14.2. The molecule has 0 bridgehead atoms. The van der Waals surface area contributed by atoms with E-state index in [1.165, 1.54) is 5.57 Å². The second-order valence-corrected chi connectivity index (χ2v) is 5.66. The SMILES string of the molecule is CC1=[C-]C(C)C2=C1C(C)C(C)C(C)C2C.CO.CO.CO.[Ti]. The summed E-state index contributed by atoms with van der Waals surface area (Å²) in [6, 6.07) is 0. The Morgan fingerprint density at radius 3 is 1.50 bits per heavy atom. The zero-order chi connectivity index (χ0) is 17.3. The third kappa shape index (κ3) is 5.61. The zero-order valence-corrected chi connectivity index (χ0v) is 17.3. The molecule has 3 N–H and O–H groups in total. The minimum Gasteiger partial charge on any atom is -0.400 e. The smallest absolute Gasteiger partial charge is 0.0319 e. The van der Waals surface area contributed by atoms with Crippen LogP contribution in [0.25, 0.3) is 0 Å². The normalized spacial score (nSPS) is 31.8. The fourth-order valence-electron chi connectivity index (χ4n) is 3.63. The molecule has 22 heavy (non-hydrogen) atoms. The molecule has 130 valence electrons. The molecule has 2 aliphatic rings. The third-order valence-corrected chi connectivity index (χ3v) is 4.97. The number of allylic oxidation sites excluding steroid dienone is 4. The molecule has 3 nitrogen and oxygen atoms in total. The minimum absolute atomic E-state index is 0. The topological polar surface area (TPSA) is 60.7 Å². The van der Waals surface area contributed by atoms with Gasteiger partial charge in [0.2, 0.25) is 0 Å². The van der Waals surface area contributed by atoms with E-state index in [0.29, 0.717) is 5.92 Å². The molecular weight excluding hydrogens is 312 g/mol. The van der Waals surface area contributed by atoms with Gasteiger partial charge in [0, 0.05) is 43.0 Å². The van der Waals surface area contributed by atoms with Crippen molar-refractivity contribution in [2.24, 2.45) is 29.6 Å². The quantitative estimate of drug-likeness (QED) is 0.466. The predicted molar refractivity (Wildman–Crippen MR) is 89.7 cm³/mol. The molecule has 2 rings (SSSR count). The Kier molecular flexibility index (Phi) is 16.5. The maximum atomic E-state index is 7.00. The molecule has 0 radical (unpaired) electrons. The first-order valence-electron chi connectivity index (χ1n) is 7.63. The number of hydrogen-bond donors (Lipinski definition) is 3. The van der Waals surface area contributed by atoms with Crippen molar-refractivity contribution >= 4 is 0 Å². The first-order chi connectivity index (χ1) is 9.95. The van der Waals surface area contributed by atoms with Crippen LogP contribution in [-0.2, 0) is 21.7 Å².